The van der Waals surface area contributed by atoms with Gasteiger partial charge in [0, 0.05) is 6.20 Å². The Balaban J connectivity index is 2.30. The average molecular weight is 368 g/mol. The number of ether oxygens (including phenoxy) is 1. The van der Waals surface area contributed by atoms with Crippen molar-refractivity contribution in [3.8, 4) is 11.6 Å². The summed E-state index contributed by atoms with van der Waals surface area (Å²) in [5, 5.41) is 0.393. The van der Waals surface area contributed by atoms with Crippen molar-refractivity contribution >= 4 is 33.2 Å². The molecule has 0 fully saturated rings. The second-order valence-electron chi connectivity index (χ2n) is 3.79. The number of halogens is 5. The van der Waals surface area contributed by atoms with E-state index in [-0.39, 0.29) is 17.3 Å². The molecule has 0 aliphatic heterocycles. The van der Waals surface area contributed by atoms with Crippen LogP contribution in [0.5, 0.6) is 11.6 Å². The molecule has 2 rings (SSSR count). The molecule has 20 heavy (non-hydrogen) atoms. The van der Waals surface area contributed by atoms with Crippen LogP contribution in [0.25, 0.3) is 0 Å². The van der Waals surface area contributed by atoms with Crippen molar-refractivity contribution in [3.05, 3.63) is 45.5 Å². The van der Waals surface area contributed by atoms with Gasteiger partial charge in [-0.25, -0.2) is 4.98 Å². The van der Waals surface area contributed by atoms with E-state index in [0.717, 1.165) is 18.2 Å². The zero-order chi connectivity index (χ0) is 14.9. The molecule has 106 valence electrons. The van der Waals surface area contributed by atoms with Crippen LogP contribution < -0.4 is 10.5 Å². The van der Waals surface area contributed by atoms with E-state index >= 15 is 0 Å². The monoisotopic (exact) mass is 366 g/mol. The molecule has 0 saturated heterocycles. The summed E-state index contributed by atoms with van der Waals surface area (Å²) < 4.78 is 43.3. The number of rotatable bonds is 2. The zero-order valence-electron chi connectivity index (χ0n) is 9.71. The maximum absolute atomic E-state index is 12.5. The van der Waals surface area contributed by atoms with Crippen molar-refractivity contribution < 1.29 is 17.9 Å². The summed E-state index contributed by atoms with van der Waals surface area (Å²) in [6.07, 6.45) is -3.10. The van der Waals surface area contributed by atoms with Gasteiger partial charge in [0.05, 0.1) is 20.7 Å². The van der Waals surface area contributed by atoms with E-state index in [1.807, 2.05) is 0 Å². The van der Waals surface area contributed by atoms with E-state index in [1.54, 1.807) is 6.07 Å². The van der Waals surface area contributed by atoms with Crippen LogP contribution in [0.3, 0.4) is 0 Å². The van der Waals surface area contributed by atoms with E-state index in [1.165, 1.54) is 6.20 Å². The van der Waals surface area contributed by atoms with Gasteiger partial charge in [-0.3, -0.25) is 0 Å². The Hall–Kier alpha value is -1.47. The van der Waals surface area contributed by atoms with Gasteiger partial charge in [-0.1, -0.05) is 11.6 Å². The van der Waals surface area contributed by atoms with Gasteiger partial charge in [0.25, 0.3) is 0 Å². The third-order valence-electron chi connectivity index (χ3n) is 2.32. The quantitative estimate of drug-likeness (QED) is 0.769. The summed E-state index contributed by atoms with van der Waals surface area (Å²) in [5.41, 5.74) is 4.57. The predicted molar refractivity (Wildman–Crippen MR) is 72.9 cm³/mol. The normalized spacial score (nSPS) is 11.4. The van der Waals surface area contributed by atoms with Gasteiger partial charge in [0.15, 0.2) is 5.75 Å². The van der Waals surface area contributed by atoms with Crippen LogP contribution in [0.2, 0.25) is 5.02 Å². The van der Waals surface area contributed by atoms with Gasteiger partial charge < -0.3 is 10.5 Å². The number of alkyl halides is 3. The van der Waals surface area contributed by atoms with Gasteiger partial charge in [0.1, 0.15) is 0 Å². The number of nitrogens with two attached hydrogens (primary N) is 1. The number of benzene rings is 1. The van der Waals surface area contributed by atoms with E-state index in [9.17, 15) is 13.2 Å². The van der Waals surface area contributed by atoms with Crippen LogP contribution in [0, 0.1) is 0 Å². The lowest BCUT2D eigenvalue weighted by Crippen LogP contribution is -2.06. The Morgan fingerprint density at radius 3 is 2.50 bits per heavy atom. The zero-order valence-corrected chi connectivity index (χ0v) is 12.1. The Bertz CT molecular complexity index is 649. The fourth-order valence-corrected chi connectivity index (χ4v) is 2.12. The molecular formula is C12H7BrClF3N2O. The number of anilines is 1. The topological polar surface area (TPSA) is 48.1 Å². The average Bonchev–Trinajstić information content (AvgIpc) is 2.33. The summed E-state index contributed by atoms with van der Waals surface area (Å²) in [4.78, 5) is 3.91. The molecule has 0 bridgehead atoms. The third kappa shape index (κ3) is 3.34. The van der Waals surface area contributed by atoms with Crippen molar-refractivity contribution in [1.29, 1.82) is 0 Å². The number of nitrogens with zero attached hydrogens (tertiary/aromatic N) is 1. The molecule has 0 atom stereocenters. The lowest BCUT2D eigenvalue weighted by atomic mass is 10.2. The summed E-state index contributed by atoms with van der Waals surface area (Å²) in [6.45, 7) is 0. The molecule has 2 aromatic rings. The van der Waals surface area contributed by atoms with Gasteiger partial charge in [0.2, 0.25) is 5.88 Å². The molecule has 0 amide bonds. The second-order valence-corrected chi connectivity index (χ2v) is 5.08. The van der Waals surface area contributed by atoms with Crippen LogP contribution in [0.4, 0.5) is 18.9 Å². The van der Waals surface area contributed by atoms with E-state index in [2.05, 4.69) is 20.9 Å². The molecule has 0 spiro atoms. The van der Waals surface area contributed by atoms with E-state index < -0.39 is 11.7 Å². The van der Waals surface area contributed by atoms with Crippen LogP contribution >= 0.6 is 27.5 Å². The molecule has 0 unspecified atom stereocenters. The molecule has 8 heteroatoms. The second kappa shape index (κ2) is 5.49. The third-order valence-corrected chi connectivity index (χ3v) is 3.09. The molecule has 1 heterocycles. The first-order valence-corrected chi connectivity index (χ1v) is 6.40. The van der Waals surface area contributed by atoms with Crippen molar-refractivity contribution in [2.75, 3.05) is 5.73 Å². The van der Waals surface area contributed by atoms with Crippen molar-refractivity contribution in [3.63, 3.8) is 0 Å². The molecule has 0 saturated carbocycles. The number of hydrogen-bond donors (Lipinski definition) is 1. The van der Waals surface area contributed by atoms with Crippen LogP contribution in [0.1, 0.15) is 5.56 Å². The number of aromatic nitrogens is 1. The summed E-state index contributed by atoms with van der Waals surface area (Å²) >= 11 is 8.91. The first-order valence-electron chi connectivity index (χ1n) is 5.23. The van der Waals surface area contributed by atoms with Crippen LogP contribution in [-0.4, -0.2) is 4.98 Å². The maximum Gasteiger partial charge on any atom is 0.416 e. The number of pyridine rings is 1. The fraction of sp³-hybridized carbons (Fsp3) is 0.0833. The highest BCUT2D eigenvalue weighted by Crippen LogP contribution is 2.36. The van der Waals surface area contributed by atoms with Gasteiger partial charge in [-0.15, -0.1) is 0 Å². The fourth-order valence-electron chi connectivity index (χ4n) is 1.40. The lowest BCUT2D eigenvalue weighted by molar-refractivity contribution is -0.137. The largest absolute Gasteiger partial charge is 0.436 e. The smallest absolute Gasteiger partial charge is 0.416 e. The van der Waals surface area contributed by atoms with Crippen molar-refractivity contribution in [2.45, 2.75) is 6.18 Å². The molecule has 0 aliphatic rings. The minimum absolute atomic E-state index is 0.0773. The highest BCUT2D eigenvalue weighted by Gasteiger charge is 2.31. The molecule has 2 N–H and O–H groups in total. The highest BCUT2D eigenvalue weighted by molar-refractivity contribution is 9.10. The maximum atomic E-state index is 12.5. The van der Waals surface area contributed by atoms with Crippen molar-refractivity contribution in [1.82, 2.24) is 4.98 Å². The Labute approximate surface area is 125 Å². The van der Waals surface area contributed by atoms with Crippen LogP contribution in [0.15, 0.2) is 34.9 Å². The summed E-state index contributed by atoms with van der Waals surface area (Å²) in [5.74, 6) is 0.231. The predicted octanol–water partition coefficient (Wildman–Crippen LogP) is 4.89. The minimum Gasteiger partial charge on any atom is -0.436 e. The van der Waals surface area contributed by atoms with E-state index in [4.69, 9.17) is 22.1 Å². The Morgan fingerprint density at radius 2 is 1.95 bits per heavy atom. The Kier molecular flexibility index (Phi) is 4.10. The van der Waals surface area contributed by atoms with Gasteiger partial charge >= 0.3 is 6.18 Å². The molecule has 0 aliphatic carbocycles. The standard InChI is InChI=1S/C12H7BrClF3N2O/c13-8-4-7(14)5-19-11(8)20-10-2-1-6(3-9(10)18)12(15,16)17/h1-5H,18H2. The van der Waals surface area contributed by atoms with Gasteiger partial charge in [-0.2, -0.15) is 13.2 Å². The van der Waals surface area contributed by atoms with Crippen LogP contribution in [-0.2, 0) is 6.18 Å². The molecule has 0 radical (unpaired) electrons. The van der Waals surface area contributed by atoms with Gasteiger partial charge in [-0.05, 0) is 40.2 Å². The van der Waals surface area contributed by atoms with Crippen molar-refractivity contribution in [2.24, 2.45) is 0 Å². The Morgan fingerprint density at radius 1 is 1.25 bits per heavy atom. The van der Waals surface area contributed by atoms with E-state index in [0.29, 0.717) is 9.50 Å². The lowest BCUT2D eigenvalue weighted by Gasteiger charge is -2.12. The molecule has 1 aromatic carbocycles. The minimum atomic E-state index is -4.45. The first-order chi connectivity index (χ1) is 9.27. The molecule has 1 aromatic heterocycles. The SMILES string of the molecule is Nc1cc(C(F)(F)F)ccc1Oc1ncc(Cl)cc1Br. The molecular weight excluding hydrogens is 360 g/mol. The summed E-state index contributed by atoms with van der Waals surface area (Å²) in [6, 6.07) is 4.37. The first kappa shape index (κ1) is 14.9. The molecule has 3 nitrogen and oxygen atoms in total. The highest BCUT2D eigenvalue weighted by atomic mass is 79.9. The number of hydrogen-bond acceptors (Lipinski definition) is 3. The summed E-state index contributed by atoms with van der Waals surface area (Å²) in [7, 11) is 0. The number of nitrogen functional groups attached to an aromatic ring is 1.